The number of anilines is 2. The first-order chi connectivity index (χ1) is 11.8. The molecule has 1 aromatic heterocycles. The lowest BCUT2D eigenvalue weighted by atomic mass is 10.0. The van der Waals surface area contributed by atoms with Crippen LogP contribution in [0.4, 0.5) is 10.8 Å². The zero-order valence-electron chi connectivity index (χ0n) is 14.0. The van der Waals surface area contributed by atoms with Crippen LogP contribution in [-0.4, -0.2) is 34.2 Å². The molecule has 0 radical (unpaired) electrons. The molecule has 0 bridgehead atoms. The van der Waals surface area contributed by atoms with Crippen molar-refractivity contribution >= 4 is 45.6 Å². The normalized spacial score (nSPS) is 15.5. The summed E-state index contributed by atoms with van der Waals surface area (Å²) in [6, 6.07) is 4.98. The van der Waals surface area contributed by atoms with E-state index in [0.717, 1.165) is 11.4 Å². The highest BCUT2D eigenvalue weighted by molar-refractivity contribution is 7.15. The second-order valence-electron chi connectivity index (χ2n) is 6.02. The van der Waals surface area contributed by atoms with Gasteiger partial charge >= 0.3 is 0 Å². The zero-order valence-corrected chi connectivity index (χ0v) is 15.6. The van der Waals surface area contributed by atoms with Crippen molar-refractivity contribution < 1.29 is 14.3 Å². The van der Waals surface area contributed by atoms with Gasteiger partial charge in [0.25, 0.3) is 5.91 Å². The largest absolute Gasteiger partial charge is 0.476 e. The number of halogens is 1. The van der Waals surface area contributed by atoms with Crippen LogP contribution >= 0.6 is 22.9 Å². The second kappa shape index (κ2) is 6.61. The maximum Gasteiger partial charge on any atom is 0.271 e. The molecule has 0 saturated heterocycles. The van der Waals surface area contributed by atoms with Gasteiger partial charge in [0.1, 0.15) is 17.3 Å². The van der Waals surface area contributed by atoms with Gasteiger partial charge in [-0.1, -0.05) is 29.9 Å². The van der Waals surface area contributed by atoms with E-state index in [4.69, 9.17) is 16.3 Å². The van der Waals surface area contributed by atoms with Crippen molar-refractivity contribution in [2.45, 2.75) is 32.8 Å². The number of nitrogens with one attached hydrogen (secondary N) is 1. The number of fused-ring (bicyclic) bond motifs is 1. The maximum absolute atomic E-state index is 12.7. The number of ether oxygens (including phenoxy) is 1. The molecule has 2 aromatic rings. The molecule has 2 heterocycles. The van der Waals surface area contributed by atoms with Crippen LogP contribution in [0, 0.1) is 0 Å². The van der Waals surface area contributed by atoms with E-state index < -0.39 is 5.60 Å². The van der Waals surface area contributed by atoms with Gasteiger partial charge in [0.15, 0.2) is 5.60 Å². The van der Waals surface area contributed by atoms with Gasteiger partial charge in [-0.15, -0.1) is 10.2 Å². The quantitative estimate of drug-likeness (QED) is 0.881. The Morgan fingerprint density at radius 2 is 2.16 bits per heavy atom. The van der Waals surface area contributed by atoms with E-state index in [9.17, 15) is 9.59 Å². The third-order valence-corrected chi connectivity index (χ3v) is 4.87. The average molecular weight is 381 g/mol. The molecule has 9 heteroatoms. The van der Waals surface area contributed by atoms with E-state index in [1.165, 1.54) is 16.2 Å². The fourth-order valence-electron chi connectivity index (χ4n) is 2.45. The van der Waals surface area contributed by atoms with E-state index in [1.807, 2.05) is 6.92 Å². The van der Waals surface area contributed by atoms with Crippen LogP contribution in [-0.2, 0) is 16.0 Å². The number of amides is 2. The minimum atomic E-state index is -1.07. The summed E-state index contributed by atoms with van der Waals surface area (Å²) in [7, 11) is 0. The number of aromatic nitrogens is 2. The van der Waals surface area contributed by atoms with E-state index in [0.29, 0.717) is 21.6 Å². The predicted molar refractivity (Wildman–Crippen MR) is 96.4 cm³/mol. The third-order valence-electron chi connectivity index (χ3n) is 3.65. The van der Waals surface area contributed by atoms with Gasteiger partial charge in [-0.25, -0.2) is 0 Å². The third kappa shape index (κ3) is 3.59. The van der Waals surface area contributed by atoms with Gasteiger partial charge in [0, 0.05) is 5.02 Å². The standard InChI is InChI=1S/C16H17ClN4O3S/c1-4-13-19-20-15(25-13)18-12(22)8-21-10-7-9(17)5-6-11(10)24-16(2,3)14(21)23/h5-7H,4,8H2,1-3H3,(H,18,20,22). The van der Waals surface area contributed by atoms with E-state index in [-0.39, 0.29) is 18.4 Å². The molecule has 0 aliphatic carbocycles. The summed E-state index contributed by atoms with van der Waals surface area (Å²) in [5, 5.41) is 12.2. The van der Waals surface area contributed by atoms with Crippen LogP contribution in [0.25, 0.3) is 0 Å². The summed E-state index contributed by atoms with van der Waals surface area (Å²) in [5.41, 5.74) is -0.599. The number of rotatable bonds is 4. The highest BCUT2D eigenvalue weighted by Crippen LogP contribution is 2.39. The van der Waals surface area contributed by atoms with Crippen LogP contribution in [0.3, 0.4) is 0 Å². The number of benzene rings is 1. The number of carbonyl (C=O) groups is 2. The lowest BCUT2D eigenvalue weighted by molar-refractivity contribution is -0.133. The summed E-state index contributed by atoms with van der Waals surface area (Å²) in [6.07, 6.45) is 0.746. The van der Waals surface area contributed by atoms with Crippen molar-refractivity contribution in [1.82, 2.24) is 10.2 Å². The molecule has 7 nitrogen and oxygen atoms in total. The Kier molecular flexibility index (Phi) is 4.66. The van der Waals surface area contributed by atoms with Crippen molar-refractivity contribution in [3.63, 3.8) is 0 Å². The molecular weight excluding hydrogens is 364 g/mol. The fourth-order valence-corrected chi connectivity index (χ4v) is 3.31. The molecule has 0 spiro atoms. The fraction of sp³-hybridized carbons (Fsp3) is 0.375. The lowest BCUT2D eigenvalue weighted by Crippen LogP contribution is -2.54. The average Bonchev–Trinajstić information content (AvgIpc) is 3.00. The van der Waals surface area contributed by atoms with Crippen molar-refractivity contribution in [1.29, 1.82) is 0 Å². The first-order valence-electron chi connectivity index (χ1n) is 7.73. The van der Waals surface area contributed by atoms with E-state index in [2.05, 4.69) is 15.5 Å². The van der Waals surface area contributed by atoms with Crippen LogP contribution in [0.15, 0.2) is 18.2 Å². The first-order valence-corrected chi connectivity index (χ1v) is 8.92. The van der Waals surface area contributed by atoms with Gasteiger partial charge < -0.3 is 4.74 Å². The molecule has 0 fully saturated rings. The second-order valence-corrected chi connectivity index (χ2v) is 7.52. The Hall–Kier alpha value is -2.19. The molecule has 1 aliphatic rings. The van der Waals surface area contributed by atoms with Gasteiger partial charge in [-0.2, -0.15) is 0 Å². The van der Waals surface area contributed by atoms with Crippen LogP contribution in [0.2, 0.25) is 5.02 Å². The van der Waals surface area contributed by atoms with Crippen molar-refractivity contribution in [3.8, 4) is 5.75 Å². The smallest absolute Gasteiger partial charge is 0.271 e. The summed E-state index contributed by atoms with van der Waals surface area (Å²) in [6.45, 7) is 5.12. The van der Waals surface area contributed by atoms with Crippen molar-refractivity contribution in [2.24, 2.45) is 0 Å². The minimum absolute atomic E-state index is 0.167. The summed E-state index contributed by atoms with van der Waals surface area (Å²) in [5.74, 6) is -0.175. The molecule has 2 amide bonds. The number of aryl methyl sites for hydroxylation is 1. The highest BCUT2D eigenvalue weighted by atomic mass is 35.5. The highest BCUT2D eigenvalue weighted by Gasteiger charge is 2.41. The van der Waals surface area contributed by atoms with Gasteiger partial charge in [-0.3, -0.25) is 19.8 Å². The monoisotopic (exact) mass is 380 g/mol. The molecule has 1 aliphatic heterocycles. The lowest BCUT2D eigenvalue weighted by Gasteiger charge is -2.38. The molecule has 1 aromatic carbocycles. The molecule has 25 heavy (non-hydrogen) atoms. The van der Waals surface area contributed by atoms with Gasteiger partial charge in [-0.05, 0) is 38.5 Å². The van der Waals surface area contributed by atoms with Crippen LogP contribution < -0.4 is 15.0 Å². The topological polar surface area (TPSA) is 84.4 Å². The Morgan fingerprint density at radius 3 is 2.84 bits per heavy atom. The van der Waals surface area contributed by atoms with Crippen molar-refractivity contribution in [2.75, 3.05) is 16.8 Å². The van der Waals surface area contributed by atoms with Gasteiger partial charge in [0.2, 0.25) is 11.0 Å². The first kappa shape index (κ1) is 17.6. The maximum atomic E-state index is 12.7. The summed E-state index contributed by atoms with van der Waals surface area (Å²) >= 11 is 7.34. The molecule has 3 rings (SSSR count). The Labute approximate surface area is 153 Å². The summed E-state index contributed by atoms with van der Waals surface area (Å²) < 4.78 is 5.73. The molecular formula is C16H17ClN4O3S. The van der Waals surface area contributed by atoms with E-state index >= 15 is 0 Å². The number of nitrogens with zero attached hydrogens (tertiary/aromatic N) is 3. The number of hydrogen-bond acceptors (Lipinski definition) is 6. The molecule has 132 valence electrons. The SMILES string of the molecule is CCc1nnc(NC(=O)CN2C(=O)C(C)(C)Oc3ccc(Cl)cc32)s1. The Bertz CT molecular complexity index is 837. The number of hydrogen-bond donors (Lipinski definition) is 1. The molecule has 1 N–H and O–H groups in total. The van der Waals surface area contributed by atoms with Crippen molar-refractivity contribution in [3.05, 3.63) is 28.2 Å². The number of carbonyl (C=O) groups excluding carboxylic acids is 2. The Balaban J connectivity index is 1.83. The van der Waals surface area contributed by atoms with Crippen LogP contribution in [0.1, 0.15) is 25.8 Å². The summed E-state index contributed by atoms with van der Waals surface area (Å²) in [4.78, 5) is 26.5. The van der Waals surface area contributed by atoms with E-state index in [1.54, 1.807) is 32.0 Å². The molecule has 0 atom stereocenters. The zero-order chi connectivity index (χ0) is 18.2. The van der Waals surface area contributed by atoms with Crippen LogP contribution in [0.5, 0.6) is 5.75 Å². The Morgan fingerprint density at radius 1 is 1.40 bits per heavy atom. The van der Waals surface area contributed by atoms with Gasteiger partial charge in [0.05, 0.1) is 5.69 Å². The minimum Gasteiger partial charge on any atom is -0.476 e. The molecule has 0 saturated carbocycles. The predicted octanol–water partition coefficient (Wildman–Crippen LogP) is 2.90. The molecule has 0 unspecified atom stereocenters.